The number of carbonyl (C=O) groups excluding carboxylic acids is 1. The number of aromatic nitrogens is 3. The summed E-state index contributed by atoms with van der Waals surface area (Å²) in [6.45, 7) is 3.12. The van der Waals surface area contributed by atoms with Crippen molar-refractivity contribution in [1.29, 1.82) is 0 Å². The van der Waals surface area contributed by atoms with Gasteiger partial charge in [0.05, 0.1) is 10.2 Å². The lowest BCUT2D eigenvalue weighted by Crippen LogP contribution is -2.15. The minimum atomic E-state index is -0.142. The summed E-state index contributed by atoms with van der Waals surface area (Å²) < 4.78 is 17.2. The second-order valence-corrected chi connectivity index (χ2v) is 6.92. The maximum atomic E-state index is 12.2. The van der Waals surface area contributed by atoms with E-state index in [4.69, 9.17) is 14.0 Å². The number of aryl methyl sites for hydroxylation is 2. The number of hydrogen-bond donors (Lipinski definition) is 1. The number of thiazole rings is 1. The summed E-state index contributed by atoms with van der Waals surface area (Å²) in [4.78, 5) is 20.9. The molecule has 2 aromatic heterocycles. The monoisotopic (exact) mass is 374 g/mol. The van der Waals surface area contributed by atoms with Gasteiger partial charge in [-0.1, -0.05) is 23.4 Å². The largest absolute Gasteiger partial charge is 0.486 e. The van der Waals surface area contributed by atoms with Gasteiger partial charge < -0.3 is 19.3 Å². The van der Waals surface area contributed by atoms with Crippen molar-refractivity contribution in [3.8, 4) is 11.5 Å². The zero-order chi connectivity index (χ0) is 17.9. The molecule has 4 rings (SSSR count). The average molecular weight is 374 g/mol. The Bertz CT molecular complexity index is 893. The van der Waals surface area contributed by atoms with Crippen LogP contribution in [0.3, 0.4) is 0 Å². The molecule has 0 saturated carbocycles. The topological polar surface area (TPSA) is 99.4 Å². The van der Waals surface area contributed by atoms with Crippen molar-refractivity contribution in [3.05, 3.63) is 23.8 Å². The molecule has 0 spiro atoms. The van der Waals surface area contributed by atoms with Gasteiger partial charge in [-0.15, -0.1) is 0 Å². The van der Waals surface area contributed by atoms with Crippen molar-refractivity contribution in [3.63, 3.8) is 0 Å². The fourth-order valence-corrected chi connectivity index (χ4v) is 3.53. The molecule has 0 fully saturated rings. The van der Waals surface area contributed by atoms with Crippen LogP contribution in [0.5, 0.6) is 11.5 Å². The Balaban J connectivity index is 1.39. The maximum Gasteiger partial charge on any atom is 0.227 e. The van der Waals surface area contributed by atoms with Crippen molar-refractivity contribution in [2.75, 3.05) is 18.5 Å². The lowest BCUT2D eigenvalue weighted by molar-refractivity contribution is -0.116. The van der Waals surface area contributed by atoms with Crippen LogP contribution in [-0.4, -0.2) is 34.2 Å². The first-order valence-corrected chi connectivity index (χ1v) is 9.34. The molecule has 9 heteroatoms. The first-order chi connectivity index (χ1) is 12.7. The quantitative estimate of drug-likeness (QED) is 0.708. The number of nitrogens with zero attached hydrogens (tertiary/aromatic N) is 3. The smallest absolute Gasteiger partial charge is 0.227 e. The number of nitrogens with one attached hydrogen (secondary N) is 1. The summed E-state index contributed by atoms with van der Waals surface area (Å²) in [7, 11) is 0. The molecule has 3 heterocycles. The van der Waals surface area contributed by atoms with Gasteiger partial charge in [0.1, 0.15) is 13.2 Å². The van der Waals surface area contributed by atoms with Gasteiger partial charge >= 0.3 is 0 Å². The van der Waals surface area contributed by atoms with E-state index in [1.54, 1.807) is 0 Å². The number of fused-ring (bicyclic) bond motifs is 2. The van der Waals surface area contributed by atoms with Crippen molar-refractivity contribution < 1.29 is 18.8 Å². The van der Waals surface area contributed by atoms with Crippen molar-refractivity contribution in [2.24, 2.45) is 0 Å². The van der Waals surface area contributed by atoms with Crippen molar-refractivity contribution >= 4 is 32.6 Å². The summed E-state index contributed by atoms with van der Waals surface area (Å²) in [5.41, 5.74) is 0.774. The Morgan fingerprint density at radius 2 is 2.00 bits per heavy atom. The highest BCUT2D eigenvalue weighted by Crippen LogP contribution is 2.37. The van der Waals surface area contributed by atoms with Crippen LogP contribution < -0.4 is 14.8 Å². The molecule has 1 aliphatic rings. The molecule has 1 aromatic carbocycles. The molecule has 0 aliphatic carbocycles. The van der Waals surface area contributed by atoms with Crippen LogP contribution in [0.4, 0.5) is 5.13 Å². The fraction of sp³-hybridized carbons (Fsp3) is 0.412. The van der Waals surface area contributed by atoms with Crippen LogP contribution in [0, 0.1) is 0 Å². The molecule has 1 aliphatic heterocycles. The van der Waals surface area contributed by atoms with Crippen LogP contribution >= 0.6 is 11.3 Å². The van der Waals surface area contributed by atoms with Crippen LogP contribution in [0.25, 0.3) is 10.2 Å². The third-order valence-corrected chi connectivity index (χ3v) is 4.78. The Labute approximate surface area is 153 Å². The molecule has 136 valence electrons. The van der Waals surface area contributed by atoms with E-state index in [9.17, 15) is 4.79 Å². The average Bonchev–Trinajstić information content (AvgIpc) is 3.24. The fourth-order valence-electron chi connectivity index (χ4n) is 2.64. The molecule has 8 nitrogen and oxygen atoms in total. The van der Waals surface area contributed by atoms with Gasteiger partial charge in [-0.05, 0) is 6.42 Å². The van der Waals surface area contributed by atoms with Gasteiger partial charge in [0.2, 0.25) is 11.8 Å². The zero-order valence-corrected chi connectivity index (χ0v) is 15.1. The number of anilines is 1. The molecular formula is C17H18N4O4S. The lowest BCUT2D eigenvalue weighted by atomic mass is 10.3. The molecule has 0 unspecified atom stereocenters. The molecule has 0 saturated heterocycles. The molecule has 1 N–H and O–H groups in total. The molecule has 0 radical (unpaired) electrons. The molecule has 26 heavy (non-hydrogen) atoms. The van der Waals surface area contributed by atoms with E-state index in [2.05, 4.69) is 27.4 Å². The van der Waals surface area contributed by atoms with E-state index in [-0.39, 0.29) is 12.3 Å². The van der Waals surface area contributed by atoms with E-state index in [1.807, 2.05) is 12.1 Å². The van der Waals surface area contributed by atoms with Crippen LogP contribution in [0.1, 0.15) is 31.5 Å². The van der Waals surface area contributed by atoms with Crippen molar-refractivity contribution in [1.82, 2.24) is 15.1 Å². The van der Waals surface area contributed by atoms with Crippen LogP contribution in [-0.2, 0) is 17.6 Å². The second kappa shape index (κ2) is 7.28. The summed E-state index contributed by atoms with van der Waals surface area (Å²) in [5.74, 6) is 2.42. The number of benzene rings is 1. The van der Waals surface area contributed by atoms with E-state index >= 15 is 0 Å². The Hall–Kier alpha value is -2.68. The van der Waals surface area contributed by atoms with Gasteiger partial charge in [0.25, 0.3) is 0 Å². The molecule has 1 amide bonds. The minimum Gasteiger partial charge on any atom is -0.486 e. The highest BCUT2D eigenvalue weighted by atomic mass is 32.1. The first kappa shape index (κ1) is 16.8. The number of hydrogen-bond acceptors (Lipinski definition) is 8. The van der Waals surface area contributed by atoms with Gasteiger partial charge in [-0.2, -0.15) is 4.98 Å². The lowest BCUT2D eigenvalue weighted by Gasteiger charge is -2.17. The van der Waals surface area contributed by atoms with Gasteiger partial charge in [-0.3, -0.25) is 4.79 Å². The van der Waals surface area contributed by atoms with Gasteiger partial charge in [0, 0.05) is 31.4 Å². The molecule has 3 aromatic rings. The van der Waals surface area contributed by atoms with E-state index in [1.165, 1.54) is 11.3 Å². The number of ether oxygens (including phenoxy) is 2. The third-order valence-electron chi connectivity index (χ3n) is 3.85. The SMILES string of the molecule is CCCc1noc(CCC(=O)Nc2nc3cc4c(cc3s2)OCCO4)n1. The summed E-state index contributed by atoms with van der Waals surface area (Å²) in [5, 5.41) is 7.25. The minimum absolute atomic E-state index is 0.142. The van der Waals surface area contributed by atoms with Crippen molar-refractivity contribution in [2.45, 2.75) is 32.6 Å². The first-order valence-electron chi connectivity index (χ1n) is 8.53. The van der Waals surface area contributed by atoms with Crippen LogP contribution in [0.15, 0.2) is 16.7 Å². The zero-order valence-electron chi connectivity index (χ0n) is 14.3. The highest BCUT2D eigenvalue weighted by Gasteiger charge is 2.16. The van der Waals surface area contributed by atoms with E-state index in [0.29, 0.717) is 48.0 Å². The Morgan fingerprint density at radius 1 is 1.19 bits per heavy atom. The van der Waals surface area contributed by atoms with E-state index < -0.39 is 0 Å². The summed E-state index contributed by atoms with van der Waals surface area (Å²) in [6.07, 6.45) is 2.39. The number of rotatable bonds is 6. The van der Waals surface area contributed by atoms with E-state index in [0.717, 1.165) is 23.1 Å². The standard InChI is InChI=1S/C17H18N4O4S/c1-2-3-14-19-16(25-21-14)5-4-15(22)20-17-18-10-8-11-12(9-13(10)26-17)24-7-6-23-11/h8-9H,2-7H2,1H3,(H,18,20,22). The number of amides is 1. The maximum absolute atomic E-state index is 12.2. The Kier molecular flexibility index (Phi) is 4.70. The van der Waals surface area contributed by atoms with Crippen LogP contribution in [0.2, 0.25) is 0 Å². The normalized spacial score (nSPS) is 13.1. The number of carbonyl (C=O) groups is 1. The Morgan fingerprint density at radius 3 is 2.81 bits per heavy atom. The molecule has 0 atom stereocenters. The third kappa shape index (κ3) is 3.62. The molecular weight excluding hydrogens is 356 g/mol. The highest BCUT2D eigenvalue weighted by molar-refractivity contribution is 7.22. The molecule has 0 bridgehead atoms. The second-order valence-electron chi connectivity index (χ2n) is 5.89. The summed E-state index contributed by atoms with van der Waals surface area (Å²) >= 11 is 1.40. The predicted molar refractivity (Wildman–Crippen MR) is 95.9 cm³/mol. The predicted octanol–water partition coefficient (Wildman–Crippen LogP) is 2.97. The van der Waals surface area contributed by atoms with Gasteiger partial charge in [0.15, 0.2) is 22.5 Å². The van der Waals surface area contributed by atoms with Gasteiger partial charge in [-0.25, -0.2) is 4.98 Å². The summed E-state index contributed by atoms with van der Waals surface area (Å²) in [6, 6.07) is 3.73.